The lowest BCUT2D eigenvalue weighted by Gasteiger charge is -2.18. The molecule has 5 heteroatoms. The molecular formula is C20H19ClN2OS. The normalized spacial score (nSPS) is 11.4. The number of nitrogens with zero attached hydrogens (tertiary/aromatic N) is 1. The monoisotopic (exact) mass is 370 g/mol. The fraction of sp³-hybridized carbons (Fsp3) is 0.200. The van der Waals surface area contributed by atoms with Crippen molar-refractivity contribution < 1.29 is 4.79 Å². The van der Waals surface area contributed by atoms with Gasteiger partial charge in [-0.25, -0.2) is 4.98 Å². The van der Waals surface area contributed by atoms with Crippen molar-refractivity contribution in [2.45, 2.75) is 26.2 Å². The predicted octanol–water partition coefficient (Wildman–Crippen LogP) is 6.01. The van der Waals surface area contributed by atoms with Crippen LogP contribution in [0, 0.1) is 0 Å². The summed E-state index contributed by atoms with van der Waals surface area (Å²) in [5.41, 5.74) is 3.67. The number of hydrogen-bond acceptors (Lipinski definition) is 3. The Kier molecular flexibility index (Phi) is 4.93. The summed E-state index contributed by atoms with van der Waals surface area (Å²) in [5.74, 6) is -0.155. The third-order valence-electron chi connectivity index (χ3n) is 3.88. The van der Waals surface area contributed by atoms with Crippen LogP contribution in [-0.4, -0.2) is 10.9 Å². The van der Waals surface area contributed by atoms with E-state index in [4.69, 9.17) is 11.6 Å². The Labute approximate surface area is 156 Å². The third-order valence-corrected chi connectivity index (χ3v) is 4.89. The number of halogens is 1. The van der Waals surface area contributed by atoms with Gasteiger partial charge in [-0.05, 0) is 35.2 Å². The Bertz CT molecular complexity index is 877. The van der Waals surface area contributed by atoms with Crippen LogP contribution in [0.25, 0.3) is 11.3 Å². The summed E-state index contributed by atoms with van der Waals surface area (Å²) in [6.45, 7) is 6.45. The molecule has 0 saturated carbocycles. The van der Waals surface area contributed by atoms with E-state index in [2.05, 4.69) is 31.1 Å². The first kappa shape index (κ1) is 17.6. The van der Waals surface area contributed by atoms with Crippen LogP contribution in [0.2, 0.25) is 5.02 Å². The van der Waals surface area contributed by atoms with Crippen LogP contribution in [0.1, 0.15) is 36.7 Å². The van der Waals surface area contributed by atoms with E-state index in [9.17, 15) is 4.79 Å². The Hall–Kier alpha value is -2.17. The van der Waals surface area contributed by atoms with Gasteiger partial charge in [0, 0.05) is 21.5 Å². The van der Waals surface area contributed by atoms with Gasteiger partial charge in [-0.15, -0.1) is 11.3 Å². The first-order valence-corrected chi connectivity index (χ1v) is 9.22. The summed E-state index contributed by atoms with van der Waals surface area (Å²) in [5, 5.41) is 6.04. The van der Waals surface area contributed by atoms with Crippen LogP contribution in [0.15, 0.2) is 53.9 Å². The van der Waals surface area contributed by atoms with E-state index in [1.165, 1.54) is 16.9 Å². The Morgan fingerprint density at radius 3 is 2.28 bits per heavy atom. The van der Waals surface area contributed by atoms with E-state index in [0.717, 1.165) is 11.3 Å². The zero-order valence-electron chi connectivity index (χ0n) is 14.3. The van der Waals surface area contributed by atoms with E-state index < -0.39 is 0 Å². The molecule has 0 fully saturated rings. The van der Waals surface area contributed by atoms with Gasteiger partial charge in [0.15, 0.2) is 5.13 Å². The second kappa shape index (κ2) is 6.98. The van der Waals surface area contributed by atoms with Crippen LogP contribution in [0.3, 0.4) is 0 Å². The van der Waals surface area contributed by atoms with Crippen molar-refractivity contribution >= 4 is 34.0 Å². The summed E-state index contributed by atoms with van der Waals surface area (Å²) in [4.78, 5) is 16.9. The molecule has 0 aliphatic rings. The lowest BCUT2D eigenvalue weighted by Crippen LogP contribution is -2.14. The molecule has 1 heterocycles. The third kappa shape index (κ3) is 4.27. The zero-order valence-corrected chi connectivity index (χ0v) is 15.9. The van der Waals surface area contributed by atoms with E-state index in [1.807, 2.05) is 53.9 Å². The highest BCUT2D eigenvalue weighted by molar-refractivity contribution is 7.14. The molecule has 0 unspecified atom stereocenters. The van der Waals surface area contributed by atoms with E-state index in [1.54, 1.807) is 0 Å². The van der Waals surface area contributed by atoms with Gasteiger partial charge in [0.2, 0.25) is 0 Å². The molecular weight excluding hydrogens is 352 g/mol. The number of benzene rings is 2. The molecule has 2 aromatic carbocycles. The standard InChI is InChI=1S/C20H19ClN2OS/c1-20(2,3)15-8-4-14(5-9-15)18(24)23-19-22-17(12-25-19)13-6-10-16(21)11-7-13/h4-12H,1-3H3,(H,22,23,24). The maximum atomic E-state index is 12.4. The number of rotatable bonds is 3. The van der Waals surface area contributed by atoms with Crippen molar-refractivity contribution in [3.8, 4) is 11.3 Å². The molecule has 3 nitrogen and oxygen atoms in total. The molecule has 3 rings (SSSR count). The number of amides is 1. The average molecular weight is 371 g/mol. The van der Waals surface area contributed by atoms with Crippen LogP contribution in [0.5, 0.6) is 0 Å². The Balaban J connectivity index is 1.72. The summed E-state index contributed by atoms with van der Waals surface area (Å²) in [6.07, 6.45) is 0. The number of carbonyl (C=O) groups excluding carboxylic acids is 1. The van der Waals surface area contributed by atoms with Crippen molar-refractivity contribution in [1.82, 2.24) is 4.98 Å². The predicted molar refractivity (Wildman–Crippen MR) is 106 cm³/mol. The van der Waals surface area contributed by atoms with Gasteiger partial charge in [-0.2, -0.15) is 0 Å². The smallest absolute Gasteiger partial charge is 0.257 e. The molecule has 0 saturated heterocycles. The number of aromatic nitrogens is 1. The largest absolute Gasteiger partial charge is 0.298 e. The second-order valence-corrected chi connectivity index (χ2v) is 8.12. The molecule has 3 aromatic rings. The molecule has 0 aliphatic carbocycles. The van der Waals surface area contributed by atoms with Crippen molar-refractivity contribution in [3.63, 3.8) is 0 Å². The van der Waals surface area contributed by atoms with Crippen molar-refractivity contribution in [2.24, 2.45) is 0 Å². The Morgan fingerprint density at radius 2 is 1.68 bits per heavy atom. The summed E-state index contributed by atoms with van der Waals surface area (Å²) >= 11 is 7.31. The summed E-state index contributed by atoms with van der Waals surface area (Å²) in [7, 11) is 0. The molecule has 1 N–H and O–H groups in total. The number of thiazole rings is 1. The molecule has 0 bridgehead atoms. The number of nitrogens with one attached hydrogen (secondary N) is 1. The minimum atomic E-state index is -0.155. The molecule has 0 radical (unpaired) electrons. The highest BCUT2D eigenvalue weighted by Gasteiger charge is 2.15. The molecule has 25 heavy (non-hydrogen) atoms. The van der Waals surface area contributed by atoms with Gasteiger partial charge in [-0.3, -0.25) is 10.1 Å². The van der Waals surface area contributed by atoms with Crippen molar-refractivity contribution in [3.05, 3.63) is 70.1 Å². The molecule has 1 amide bonds. The van der Waals surface area contributed by atoms with Crippen LogP contribution in [-0.2, 0) is 5.41 Å². The number of hydrogen-bond donors (Lipinski definition) is 1. The minimum Gasteiger partial charge on any atom is -0.298 e. The SMILES string of the molecule is CC(C)(C)c1ccc(C(=O)Nc2nc(-c3ccc(Cl)cc3)cs2)cc1. The fourth-order valence-corrected chi connectivity index (χ4v) is 3.22. The number of anilines is 1. The van der Waals surface area contributed by atoms with Crippen LogP contribution >= 0.6 is 22.9 Å². The topological polar surface area (TPSA) is 42.0 Å². The number of carbonyl (C=O) groups is 1. The van der Waals surface area contributed by atoms with Crippen LogP contribution in [0.4, 0.5) is 5.13 Å². The molecule has 128 valence electrons. The summed E-state index contributed by atoms with van der Waals surface area (Å²) in [6, 6.07) is 15.2. The highest BCUT2D eigenvalue weighted by Crippen LogP contribution is 2.27. The van der Waals surface area contributed by atoms with E-state index >= 15 is 0 Å². The van der Waals surface area contributed by atoms with Crippen molar-refractivity contribution in [1.29, 1.82) is 0 Å². The molecule has 0 aliphatic heterocycles. The van der Waals surface area contributed by atoms with Crippen molar-refractivity contribution in [2.75, 3.05) is 5.32 Å². The van der Waals surface area contributed by atoms with Crippen LogP contribution < -0.4 is 5.32 Å². The minimum absolute atomic E-state index is 0.0673. The Morgan fingerprint density at radius 1 is 1.04 bits per heavy atom. The van der Waals surface area contributed by atoms with Gasteiger partial charge in [-0.1, -0.05) is 56.6 Å². The van der Waals surface area contributed by atoms with E-state index in [-0.39, 0.29) is 11.3 Å². The second-order valence-electron chi connectivity index (χ2n) is 6.83. The first-order chi connectivity index (χ1) is 11.8. The van der Waals surface area contributed by atoms with Gasteiger partial charge in [0.05, 0.1) is 5.69 Å². The van der Waals surface area contributed by atoms with Gasteiger partial charge in [0.25, 0.3) is 5.91 Å². The molecule has 0 spiro atoms. The molecule has 1 aromatic heterocycles. The lowest BCUT2D eigenvalue weighted by molar-refractivity contribution is 0.102. The fourth-order valence-electron chi connectivity index (χ4n) is 2.38. The lowest BCUT2D eigenvalue weighted by atomic mass is 9.87. The van der Waals surface area contributed by atoms with Gasteiger partial charge >= 0.3 is 0 Å². The zero-order chi connectivity index (χ0) is 18.0. The van der Waals surface area contributed by atoms with E-state index in [0.29, 0.717) is 15.7 Å². The highest BCUT2D eigenvalue weighted by atomic mass is 35.5. The molecule has 0 atom stereocenters. The summed E-state index contributed by atoms with van der Waals surface area (Å²) < 4.78 is 0. The average Bonchev–Trinajstić information content (AvgIpc) is 3.03. The quantitative estimate of drug-likeness (QED) is 0.613. The van der Waals surface area contributed by atoms with Gasteiger partial charge < -0.3 is 0 Å². The maximum absolute atomic E-state index is 12.4. The first-order valence-electron chi connectivity index (χ1n) is 7.96. The van der Waals surface area contributed by atoms with Gasteiger partial charge in [0.1, 0.15) is 0 Å². The maximum Gasteiger partial charge on any atom is 0.257 e.